The predicted molar refractivity (Wildman–Crippen MR) is 121 cm³/mol. The molecule has 1 atom stereocenters. The van der Waals surface area contributed by atoms with Crippen LogP contribution in [0, 0.1) is 12.7 Å². The fraction of sp³-hybridized carbons (Fsp3) is 0.227. The number of urea groups is 1. The average Bonchev–Trinajstić information content (AvgIpc) is 3.14. The van der Waals surface area contributed by atoms with Crippen molar-refractivity contribution in [2.75, 3.05) is 11.1 Å². The van der Waals surface area contributed by atoms with Gasteiger partial charge in [0.2, 0.25) is 11.8 Å². The van der Waals surface area contributed by atoms with Crippen LogP contribution in [-0.4, -0.2) is 44.4 Å². The second kappa shape index (κ2) is 9.82. The maximum atomic E-state index is 13.4. The number of imide groups is 1. The van der Waals surface area contributed by atoms with Crippen molar-refractivity contribution in [2.45, 2.75) is 31.0 Å². The van der Waals surface area contributed by atoms with Gasteiger partial charge in [-0.15, -0.1) is 10.2 Å². The van der Waals surface area contributed by atoms with Gasteiger partial charge in [-0.2, -0.15) is 0 Å². The summed E-state index contributed by atoms with van der Waals surface area (Å²) >= 11 is 1.18. The molecule has 1 aliphatic heterocycles. The Balaban J connectivity index is 1.54. The normalized spacial score (nSPS) is 15.6. The number of carbonyl (C=O) groups excluding carboxylic acids is 3. The molecule has 1 fully saturated rings. The number of hydrogen-bond donors (Lipinski definition) is 3. The summed E-state index contributed by atoms with van der Waals surface area (Å²) in [7, 11) is 0. The third kappa shape index (κ3) is 5.75. The van der Waals surface area contributed by atoms with Gasteiger partial charge in [-0.3, -0.25) is 19.5 Å². The molecule has 0 radical (unpaired) electrons. The SMILES string of the molecule is Cc1cccc(-n2c(CC3CC(=O)NC(=O)N3)nnc2SCC(=O)Nc2cccc(F)c2)c1. The second-order valence-electron chi connectivity index (χ2n) is 7.55. The summed E-state index contributed by atoms with van der Waals surface area (Å²) in [5.74, 6) is -0.527. The van der Waals surface area contributed by atoms with Gasteiger partial charge < -0.3 is 10.6 Å². The molecular formula is C22H21FN6O3S. The van der Waals surface area contributed by atoms with E-state index >= 15 is 0 Å². The van der Waals surface area contributed by atoms with E-state index in [9.17, 15) is 18.8 Å². The molecule has 0 saturated carbocycles. The third-order valence-corrected chi connectivity index (χ3v) is 5.78. The van der Waals surface area contributed by atoms with Gasteiger partial charge in [0.05, 0.1) is 5.75 Å². The topological polar surface area (TPSA) is 118 Å². The first-order valence-electron chi connectivity index (χ1n) is 10.2. The number of benzene rings is 2. The second-order valence-corrected chi connectivity index (χ2v) is 8.49. The molecule has 1 saturated heterocycles. The summed E-state index contributed by atoms with van der Waals surface area (Å²) in [4.78, 5) is 35.8. The molecule has 11 heteroatoms. The van der Waals surface area contributed by atoms with Gasteiger partial charge in [-0.1, -0.05) is 30.0 Å². The molecule has 33 heavy (non-hydrogen) atoms. The lowest BCUT2D eigenvalue weighted by atomic mass is 10.1. The minimum absolute atomic E-state index is 0.0308. The van der Waals surface area contributed by atoms with Crippen LogP contribution in [0.15, 0.2) is 53.7 Å². The van der Waals surface area contributed by atoms with Crippen LogP contribution in [0.5, 0.6) is 0 Å². The van der Waals surface area contributed by atoms with Crippen molar-refractivity contribution >= 4 is 35.3 Å². The molecule has 1 aliphatic rings. The van der Waals surface area contributed by atoms with Crippen molar-refractivity contribution in [3.63, 3.8) is 0 Å². The van der Waals surface area contributed by atoms with Crippen molar-refractivity contribution in [3.05, 3.63) is 65.7 Å². The van der Waals surface area contributed by atoms with Crippen LogP contribution >= 0.6 is 11.8 Å². The summed E-state index contributed by atoms with van der Waals surface area (Å²) in [6.45, 7) is 1.96. The highest BCUT2D eigenvalue weighted by Crippen LogP contribution is 2.24. The molecule has 2 aromatic carbocycles. The maximum Gasteiger partial charge on any atom is 0.321 e. The van der Waals surface area contributed by atoms with Crippen LogP contribution in [-0.2, 0) is 16.0 Å². The quantitative estimate of drug-likeness (QED) is 0.459. The van der Waals surface area contributed by atoms with Crippen LogP contribution in [0.1, 0.15) is 17.8 Å². The first-order valence-corrected chi connectivity index (χ1v) is 11.2. The summed E-state index contributed by atoms with van der Waals surface area (Å²) in [6.07, 6.45) is 0.418. The number of nitrogens with one attached hydrogen (secondary N) is 3. The molecule has 1 aromatic heterocycles. The van der Waals surface area contributed by atoms with Gasteiger partial charge in [-0.05, 0) is 42.8 Å². The molecule has 3 aromatic rings. The molecule has 0 bridgehead atoms. The van der Waals surface area contributed by atoms with E-state index in [-0.39, 0.29) is 30.4 Å². The molecule has 170 valence electrons. The molecule has 1 unspecified atom stereocenters. The average molecular weight is 469 g/mol. The Morgan fingerprint density at radius 1 is 1.21 bits per heavy atom. The summed E-state index contributed by atoms with van der Waals surface area (Å²) in [6, 6.07) is 12.4. The molecule has 4 rings (SSSR count). The Kier molecular flexibility index (Phi) is 6.68. The van der Waals surface area contributed by atoms with Gasteiger partial charge in [0.25, 0.3) is 0 Å². The third-order valence-electron chi connectivity index (χ3n) is 4.85. The predicted octanol–water partition coefficient (Wildman–Crippen LogP) is 2.59. The lowest BCUT2D eigenvalue weighted by molar-refractivity contribution is -0.121. The Labute approximate surface area is 193 Å². The monoisotopic (exact) mass is 468 g/mol. The van der Waals surface area contributed by atoms with E-state index in [2.05, 4.69) is 26.1 Å². The molecule has 3 N–H and O–H groups in total. The minimum atomic E-state index is -0.540. The van der Waals surface area contributed by atoms with E-state index in [0.29, 0.717) is 16.7 Å². The number of nitrogens with zero attached hydrogens (tertiary/aromatic N) is 3. The van der Waals surface area contributed by atoms with Gasteiger partial charge in [0.15, 0.2) is 5.16 Å². The van der Waals surface area contributed by atoms with Gasteiger partial charge in [-0.25, -0.2) is 9.18 Å². The number of carbonyl (C=O) groups is 3. The number of halogens is 1. The summed E-state index contributed by atoms with van der Waals surface area (Å²) in [5.41, 5.74) is 2.19. The van der Waals surface area contributed by atoms with Crippen molar-refractivity contribution < 1.29 is 18.8 Å². The van der Waals surface area contributed by atoms with Gasteiger partial charge in [0.1, 0.15) is 11.6 Å². The van der Waals surface area contributed by atoms with E-state index in [1.165, 1.54) is 30.0 Å². The maximum absolute atomic E-state index is 13.4. The van der Waals surface area contributed by atoms with E-state index in [1.807, 2.05) is 35.8 Å². The van der Waals surface area contributed by atoms with Crippen LogP contribution in [0.3, 0.4) is 0 Å². The number of rotatable bonds is 7. The van der Waals surface area contributed by atoms with E-state index in [4.69, 9.17) is 0 Å². The lowest BCUT2D eigenvalue weighted by Crippen LogP contribution is -2.53. The van der Waals surface area contributed by atoms with Gasteiger partial charge >= 0.3 is 6.03 Å². The number of thioether (sulfide) groups is 1. The Hall–Kier alpha value is -3.73. The standard InChI is InChI=1S/C22H21FN6O3S/c1-13-4-2-7-17(8-13)29-18(10-16-11-19(30)26-21(32)25-16)27-28-22(29)33-12-20(31)24-15-6-3-5-14(23)9-15/h2-9,16H,10-12H2,1H3,(H,24,31)(H2,25,26,30,32). The minimum Gasteiger partial charge on any atom is -0.334 e. The molecular weight excluding hydrogens is 447 g/mol. The fourth-order valence-electron chi connectivity index (χ4n) is 3.46. The van der Waals surface area contributed by atoms with Crippen LogP contribution in [0.4, 0.5) is 14.9 Å². The van der Waals surface area contributed by atoms with Crippen LogP contribution in [0.2, 0.25) is 0 Å². The molecule has 9 nitrogen and oxygen atoms in total. The smallest absolute Gasteiger partial charge is 0.321 e. The van der Waals surface area contributed by atoms with Crippen LogP contribution in [0.25, 0.3) is 5.69 Å². The zero-order chi connectivity index (χ0) is 23.4. The Bertz CT molecular complexity index is 1200. The number of aryl methyl sites for hydroxylation is 1. The number of amides is 4. The lowest BCUT2D eigenvalue weighted by Gasteiger charge is -2.23. The molecule has 4 amide bonds. The first kappa shape index (κ1) is 22.5. The highest BCUT2D eigenvalue weighted by Gasteiger charge is 2.27. The highest BCUT2D eigenvalue weighted by atomic mass is 32.2. The first-order chi connectivity index (χ1) is 15.9. The molecule has 0 spiro atoms. The molecule has 2 heterocycles. The van der Waals surface area contributed by atoms with Crippen molar-refractivity contribution in [3.8, 4) is 5.69 Å². The Morgan fingerprint density at radius 2 is 2.03 bits per heavy atom. The van der Waals surface area contributed by atoms with Crippen molar-refractivity contribution in [1.29, 1.82) is 0 Å². The van der Waals surface area contributed by atoms with E-state index < -0.39 is 17.9 Å². The highest BCUT2D eigenvalue weighted by molar-refractivity contribution is 7.99. The number of anilines is 1. The van der Waals surface area contributed by atoms with Crippen molar-refractivity contribution in [1.82, 2.24) is 25.4 Å². The number of hydrogen-bond acceptors (Lipinski definition) is 6. The largest absolute Gasteiger partial charge is 0.334 e. The van der Waals surface area contributed by atoms with E-state index in [0.717, 1.165) is 11.3 Å². The summed E-state index contributed by atoms with van der Waals surface area (Å²) in [5, 5.41) is 16.6. The van der Waals surface area contributed by atoms with Crippen molar-refractivity contribution in [2.24, 2.45) is 0 Å². The fourth-order valence-corrected chi connectivity index (χ4v) is 4.23. The van der Waals surface area contributed by atoms with Gasteiger partial charge in [0, 0.05) is 30.3 Å². The Morgan fingerprint density at radius 3 is 2.79 bits per heavy atom. The van der Waals surface area contributed by atoms with E-state index in [1.54, 1.807) is 6.07 Å². The van der Waals surface area contributed by atoms with Crippen LogP contribution < -0.4 is 16.0 Å². The molecule has 0 aliphatic carbocycles. The zero-order valence-electron chi connectivity index (χ0n) is 17.7. The zero-order valence-corrected chi connectivity index (χ0v) is 18.5. The number of aromatic nitrogens is 3. The summed E-state index contributed by atoms with van der Waals surface area (Å²) < 4.78 is 15.2.